The van der Waals surface area contributed by atoms with Crippen LogP contribution >= 0.6 is 24.0 Å². The smallest absolute Gasteiger partial charge is 0.217 e. The van der Waals surface area contributed by atoms with E-state index >= 15 is 0 Å². The Morgan fingerprint density at radius 1 is 1.53 bits per heavy atom. The maximum Gasteiger partial charge on any atom is 0.217 e. The number of carbonyl (C=O) groups is 1. The number of hydrogen-bond donors (Lipinski definition) is 1. The van der Waals surface area contributed by atoms with Gasteiger partial charge in [0.25, 0.3) is 0 Å². The fourth-order valence-electron chi connectivity index (χ4n) is 1.08. The predicted molar refractivity (Wildman–Crippen MR) is 68.4 cm³/mol. The van der Waals surface area contributed by atoms with Gasteiger partial charge in [0.05, 0.1) is 6.04 Å². The molecular weight excluding hydrogens is 226 g/mol. The van der Waals surface area contributed by atoms with Gasteiger partial charge in [0.15, 0.2) is 0 Å². The lowest BCUT2D eigenvalue weighted by molar-refractivity contribution is -0.119. The van der Waals surface area contributed by atoms with Crippen LogP contribution in [0.25, 0.3) is 0 Å². The highest BCUT2D eigenvalue weighted by Crippen LogP contribution is 2.17. The molecule has 4 heteroatoms. The molecule has 15 heavy (non-hydrogen) atoms. The van der Waals surface area contributed by atoms with Crippen molar-refractivity contribution in [3.05, 3.63) is 30.3 Å². The first-order valence-corrected chi connectivity index (χ1v) is 6.08. The van der Waals surface area contributed by atoms with Crippen molar-refractivity contribution in [3.63, 3.8) is 0 Å². The molecule has 0 saturated heterocycles. The first-order valence-electron chi connectivity index (χ1n) is 4.62. The number of amides is 1. The summed E-state index contributed by atoms with van der Waals surface area (Å²) >= 11 is 6.54. The number of thiocarbonyl (C=S) groups is 1. The van der Waals surface area contributed by atoms with Crippen molar-refractivity contribution in [2.75, 3.05) is 5.75 Å². The molecule has 0 fully saturated rings. The molecule has 1 rings (SSSR count). The van der Waals surface area contributed by atoms with E-state index in [1.165, 1.54) is 11.8 Å². The largest absolute Gasteiger partial charge is 0.348 e. The summed E-state index contributed by atoms with van der Waals surface area (Å²) in [4.78, 5) is 12.0. The van der Waals surface area contributed by atoms with Crippen LogP contribution in [0.2, 0.25) is 0 Å². The standard InChI is InChI=1S/C11H13NOS2/c1-9(13)12-10(7-14)8-15-11-5-3-2-4-6-11/h2-7,10H,8H2,1H3,(H,12,13). The van der Waals surface area contributed by atoms with Crippen molar-refractivity contribution in [3.8, 4) is 0 Å². The van der Waals surface area contributed by atoms with Crippen molar-refractivity contribution < 1.29 is 4.79 Å². The number of benzene rings is 1. The molecule has 80 valence electrons. The van der Waals surface area contributed by atoms with E-state index in [4.69, 9.17) is 12.2 Å². The zero-order chi connectivity index (χ0) is 11.1. The van der Waals surface area contributed by atoms with Gasteiger partial charge in [0, 0.05) is 22.9 Å². The average molecular weight is 239 g/mol. The summed E-state index contributed by atoms with van der Waals surface area (Å²) in [6, 6.07) is 10.0. The molecule has 0 aliphatic rings. The molecule has 0 aliphatic carbocycles. The van der Waals surface area contributed by atoms with Gasteiger partial charge in [-0.25, -0.2) is 0 Å². The van der Waals surface area contributed by atoms with Gasteiger partial charge in [-0.1, -0.05) is 30.4 Å². The summed E-state index contributed by atoms with van der Waals surface area (Å²) < 4.78 is 0. The molecule has 1 amide bonds. The van der Waals surface area contributed by atoms with Gasteiger partial charge in [0.1, 0.15) is 0 Å². The summed E-state index contributed by atoms with van der Waals surface area (Å²) in [5.41, 5.74) is 0. The monoisotopic (exact) mass is 239 g/mol. The van der Waals surface area contributed by atoms with Gasteiger partial charge in [-0.2, -0.15) is 0 Å². The molecule has 1 N–H and O–H groups in total. The van der Waals surface area contributed by atoms with Crippen LogP contribution in [0.4, 0.5) is 0 Å². The van der Waals surface area contributed by atoms with Gasteiger partial charge in [-0.05, 0) is 12.1 Å². The Morgan fingerprint density at radius 2 is 2.20 bits per heavy atom. The van der Waals surface area contributed by atoms with Crippen LogP contribution in [0.3, 0.4) is 0 Å². The minimum Gasteiger partial charge on any atom is -0.348 e. The van der Waals surface area contributed by atoms with E-state index in [-0.39, 0.29) is 11.9 Å². The Balaban J connectivity index is 2.41. The fraction of sp³-hybridized carbons (Fsp3) is 0.273. The minimum atomic E-state index is -0.0465. The van der Waals surface area contributed by atoms with Gasteiger partial charge in [-0.3, -0.25) is 4.79 Å². The third-order valence-corrected chi connectivity index (χ3v) is 3.19. The number of nitrogens with one attached hydrogen (secondary N) is 1. The lowest BCUT2D eigenvalue weighted by atomic mass is 10.4. The Morgan fingerprint density at radius 3 is 2.73 bits per heavy atom. The normalized spacial score (nSPS) is 11.8. The summed E-state index contributed by atoms with van der Waals surface area (Å²) in [6.07, 6.45) is 0. The van der Waals surface area contributed by atoms with Gasteiger partial charge >= 0.3 is 0 Å². The third-order valence-electron chi connectivity index (χ3n) is 1.73. The van der Waals surface area contributed by atoms with E-state index in [0.717, 1.165) is 5.75 Å². The second-order valence-corrected chi connectivity index (χ2v) is 4.43. The highest BCUT2D eigenvalue weighted by atomic mass is 32.2. The van der Waals surface area contributed by atoms with Crippen molar-refractivity contribution in [1.29, 1.82) is 0 Å². The lowest BCUT2D eigenvalue weighted by Gasteiger charge is -2.11. The highest BCUT2D eigenvalue weighted by Gasteiger charge is 2.06. The van der Waals surface area contributed by atoms with Crippen LogP contribution in [0.15, 0.2) is 35.2 Å². The summed E-state index contributed by atoms with van der Waals surface area (Å²) in [5, 5.41) is 4.37. The molecular formula is C11H13NOS2. The first kappa shape index (κ1) is 12.2. The fourth-order valence-corrected chi connectivity index (χ4v) is 2.27. The molecule has 0 spiro atoms. The number of carbonyl (C=O) groups excluding carboxylic acids is 1. The van der Waals surface area contributed by atoms with Gasteiger partial charge < -0.3 is 5.32 Å². The zero-order valence-corrected chi connectivity index (χ0v) is 10.1. The van der Waals surface area contributed by atoms with Crippen LogP contribution in [0.1, 0.15) is 6.92 Å². The Hall–Kier alpha value is -0.870. The summed E-state index contributed by atoms with van der Waals surface area (Å²) in [5.74, 6) is 0.724. The predicted octanol–water partition coefficient (Wildman–Crippen LogP) is 2.28. The lowest BCUT2D eigenvalue weighted by Crippen LogP contribution is -2.35. The van der Waals surface area contributed by atoms with Crippen molar-refractivity contribution in [2.45, 2.75) is 17.9 Å². The van der Waals surface area contributed by atoms with Crippen molar-refractivity contribution in [2.24, 2.45) is 0 Å². The molecule has 1 aromatic rings. The minimum absolute atomic E-state index is 0.0392. The van der Waals surface area contributed by atoms with Crippen molar-refractivity contribution in [1.82, 2.24) is 5.32 Å². The van der Waals surface area contributed by atoms with Gasteiger partial charge in [0.2, 0.25) is 5.91 Å². The number of hydrogen-bond acceptors (Lipinski definition) is 3. The molecule has 1 aromatic carbocycles. The molecule has 1 unspecified atom stereocenters. The second kappa shape index (κ2) is 6.58. The average Bonchev–Trinajstić information content (AvgIpc) is 2.25. The van der Waals surface area contributed by atoms with E-state index in [0.29, 0.717) is 0 Å². The van der Waals surface area contributed by atoms with Crippen LogP contribution in [0.5, 0.6) is 0 Å². The first-order chi connectivity index (χ1) is 7.22. The molecule has 0 saturated carbocycles. The van der Waals surface area contributed by atoms with E-state index < -0.39 is 0 Å². The van der Waals surface area contributed by atoms with E-state index in [2.05, 4.69) is 5.32 Å². The number of rotatable bonds is 5. The maximum absolute atomic E-state index is 10.8. The van der Waals surface area contributed by atoms with E-state index in [1.54, 1.807) is 17.1 Å². The highest BCUT2D eigenvalue weighted by molar-refractivity contribution is 7.99. The van der Waals surface area contributed by atoms with Gasteiger partial charge in [-0.15, -0.1) is 11.8 Å². The molecule has 0 radical (unpaired) electrons. The molecule has 0 bridgehead atoms. The number of thioether (sulfide) groups is 1. The molecule has 1 atom stereocenters. The van der Waals surface area contributed by atoms with Crippen LogP contribution in [-0.4, -0.2) is 23.1 Å². The van der Waals surface area contributed by atoms with Crippen LogP contribution < -0.4 is 5.32 Å². The topological polar surface area (TPSA) is 29.1 Å². The molecule has 0 aliphatic heterocycles. The van der Waals surface area contributed by atoms with Crippen LogP contribution in [-0.2, 0) is 4.79 Å². The molecule has 0 heterocycles. The van der Waals surface area contributed by atoms with Crippen molar-refractivity contribution >= 4 is 35.3 Å². The Bertz CT molecular complexity index is 327. The SMILES string of the molecule is CC(=O)NC(C=S)CSc1ccccc1. The molecule has 2 nitrogen and oxygen atoms in total. The third kappa shape index (κ3) is 4.95. The summed E-state index contributed by atoms with van der Waals surface area (Å²) in [6.45, 7) is 1.50. The Labute approximate surface area is 99.4 Å². The quantitative estimate of drug-likeness (QED) is 0.631. The Kier molecular flexibility index (Phi) is 5.36. The zero-order valence-electron chi connectivity index (χ0n) is 8.47. The maximum atomic E-state index is 10.8. The van der Waals surface area contributed by atoms with E-state index in [9.17, 15) is 4.79 Å². The molecule has 0 aromatic heterocycles. The second-order valence-electron chi connectivity index (χ2n) is 3.07. The summed E-state index contributed by atoms with van der Waals surface area (Å²) in [7, 11) is 0. The van der Waals surface area contributed by atoms with E-state index in [1.807, 2.05) is 30.3 Å². The van der Waals surface area contributed by atoms with Crippen LogP contribution in [0, 0.1) is 0 Å².